The molecule has 0 aliphatic rings. The minimum Gasteiger partial charge on any atom is -0.504 e. The van der Waals surface area contributed by atoms with Crippen LogP contribution >= 0.6 is 0 Å². The van der Waals surface area contributed by atoms with Crippen molar-refractivity contribution in [3.8, 4) is 11.5 Å². The minimum absolute atomic E-state index is 0.123. The summed E-state index contributed by atoms with van der Waals surface area (Å²) in [5.74, 6) is 2.46. The molecule has 0 amide bonds. The molecule has 2 aromatic rings. The Morgan fingerprint density at radius 3 is 2.68 bits per heavy atom. The molecule has 0 aliphatic heterocycles. The SMILES string of the molecule is COc1ccc(CN[C@H](C)c2ccc(C)o2)cc1O. The van der Waals surface area contributed by atoms with Crippen LogP contribution in [0.25, 0.3) is 0 Å². The lowest BCUT2D eigenvalue weighted by Gasteiger charge is -2.12. The summed E-state index contributed by atoms with van der Waals surface area (Å²) in [4.78, 5) is 0. The zero-order valence-corrected chi connectivity index (χ0v) is 11.4. The molecule has 0 aliphatic carbocycles. The standard InChI is InChI=1S/C15H19NO3/c1-10-4-6-14(19-10)11(2)16-9-12-5-7-15(18-3)13(17)8-12/h4-8,11,16-17H,9H2,1-3H3/t11-/m1/s1. The quantitative estimate of drug-likeness (QED) is 0.868. The average Bonchev–Trinajstić information content (AvgIpc) is 2.83. The van der Waals surface area contributed by atoms with Crippen molar-refractivity contribution in [3.05, 3.63) is 47.4 Å². The van der Waals surface area contributed by atoms with Crippen molar-refractivity contribution < 1.29 is 14.3 Å². The number of aryl methyl sites for hydroxylation is 1. The van der Waals surface area contributed by atoms with Crippen LogP contribution in [0.5, 0.6) is 11.5 Å². The lowest BCUT2D eigenvalue weighted by Crippen LogP contribution is -2.17. The Hall–Kier alpha value is -1.94. The zero-order chi connectivity index (χ0) is 13.8. The van der Waals surface area contributed by atoms with Crippen LogP contribution in [0.1, 0.15) is 30.0 Å². The Bertz CT molecular complexity index is 548. The van der Waals surface area contributed by atoms with Gasteiger partial charge in [-0.05, 0) is 43.7 Å². The molecule has 1 aromatic carbocycles. The van der Waals surface area contributed by atoms with Crippen LogP contribution in [0.2, 0.25) is 0 Å². The van der Waals surface area contributed by atoms with E-state index in [1.54, 1.807) is 12.1 Å². The highest BCUT2D eigenvalue weighted by atomic mass is 16.5. The highest BCUT2D eigenvalue weighted by Crippen LogP contribution is 2.26. The number of aromatic hydroxyl groups is 1. The van der Waals surface area contributed by atoms with Crippen LogP contribution in [0, 0.1) is 6.92 Å². The lowest BCUT2D eigenvalue weighted by atomic mass is 10.2. The Morgan fingerprint density at radius 2 is 2.11 bits per heavy atom. The summed E-state index contributed by atoms with van der Waals surface area (Å²) in [5, 5.41) is 13.1. The molecule has 0 bridgehead atoms. The number of benzene rings is 1. The van der Waals surface area contributed by atoms with Crippen molar-refractivity contribution in [2.24, 2.45) is 0 Å². The van der Waals surface area contributed by atoms with Crippen LogP contribution in [-0.2, 0) is 6.54 Å². The first-order chi connectivity index (χ1) is 9.10. The third-order valence-corrected chi connectivity index (χ3v) is 3.04. The summed E-state index contributed by atoms with van der Waals surface area (Å²) in [5.41, 5.74) is 0.994. The molecule has 1 aromatic heterocycles. The van der Waals surface area contributed by atoms with E-state index in [0.29, 0.717) is 12.3 Å². The molecule has 0 radical (unpaired) electrons. The lowest BCUT2D eigenvalue weighted by molar-refractivity contribution is 0.372. The van der Waals surface area contributed by atoms with E-state index in [0.717, 1.165) is 17.1 Å². The molecule has 1 atom stereocenters. The summed E-state index contributed by atoms with van der Waals surface area (Å²) in [7, 11) is 1.54. The molecule has 0 spiro atoms. The van der Waals surface area contributed by atoms with Gasteiger partial charge in [0.2, 0.25) is 0 Å². The van der Waals surface area contributed by atoms with Gasteiger partial charge in [0.15, 0.2) is 11.5 Å². The molecule has 0 saturated carbocycles. The number of hydrogen-bond acceptors (Lipinski definition) is 4. The van der Waals surface area contributed by atoms with Crippen molar-refractivity contribution in [1.82, 2.24) is 5.32 Å². The highest BCUT2D eigenvalue weighted by Gasteiger charge is 2.09. The topological polar surface area (TPSA) is 54.6 Å². The van der Waals surface area contributed by atoms with E-state index in [1.807, 2.05) is 32.0 Å². The molecule has 0 unspecified atom stereocenters. The molecule has 2 rings (SSSR count). The van der Waals surface area contributed by atoms with E-state index in [9.17, 15) is 5.11 Å². The van der Waals surface area contributed by atoms with Crippen LogP contribution in [0.15, 0.2) is 34.7 Å². The van der Waals surface area contributed by atoms with Crippen LogP contribution in [0.4, 0.5) is 0 Å². The number of hydrogen-bond donors (Lipinski definition) is 2. The molecule has 4 heteroatoms. The van der Waals surface area contributed by atoms with Crippen molar-refractivity contribution in [2.45, 2.75) is 26.4 Å². The van der Waals surface area contributed by atoms with Gasteiger partial charge < -0.3 is 19.6 Å². The van der Waals surface area contributed by atoms with E-state index < -0.39 is 0 Å². The van der Waals surface area contributed by atoms with Crippen molar-refractivity contribution in [2.75, 3.05) is 7.11 Å². The Balaban J connectivity index is 1.97. The maximum absolute atomic E-state index is 9.71. The van der Waals surface area contributed by atoms with E-state index in [4.69, 9.17) is 9.15 Å². The van der Waals surface area contributed by atoms with Gasteiger partial charge >= 0.3 is 0 Å². The van der Waals surface area contributed by atoms with Gasteiger partial charge in [0.1, 0.15) is 11.5 Å². The van der Waals surface area contributed by atoms with Gasteiger partial charge in [-0.15, -0.1) is 0 Å². The molecule has 2 N–H and O–H groups in total. The fourth-order valence-electron chi connectivity index (χ4n) is 1.90. The van der Waals surface area contributed by atoms with E-state index in [-0.39, 0.29) is 11.8 Å². The average molecular weight is 261 g/mol. The molecule has 4 nitrogen and oxygen atoms in total. The van der Waals surface area contributed by atoms with E-state index >= 15 is 0 Å². The number of furan rings is 1. The fourth-order valence-corrected chi connectivity index (χ4v) is 1.90. The molecule has 0 saturated heterocycles. The second-order valence-corrected chi connectivity index (χ2v) is 4.56. The summed E-state index contributed by atoms with van der Waals surface area (Å²) in [6, 6.07) is 9.43. The first kappa shape index (κ1) is 13.5. The maximum Gasteiger partial charge on any atom is 0.160 e. The van der Waals surface area contributed by atoms with Gasteiger partial charge in [-0.25, -0.2) is 0 Å². The number of phenols is 1. The first-order valence-corrected chi connectivity index (χ1v) is 6.25. The van der Waals surface area contributed by atoms with Gasteiger partial charge in [-0.2, -0.15) is 0 Å². The third-order valence-electron chi connectivity index (χ3n) is 3.04. The summed E-state index contributed by atoms with van der Waals surface area (Å²) >= 11 is 0. The fraction of sp³-hybridized carbons (Fsp3) is 0.333. The Labute approximate surface area is 113 Å². The van der Waals surface area contributed by atoms with Gasteiger partial charge in [-0.3, -0.25) is 0 Å². The number of nitrogens with one attached hydrogen (secondary N) is 1. The van der Waals surface area contributed by atoms with Gasteiger partial charge in [0.25, 0.3) is 0 Å². The number of rotatable bonds is 5. The second-order valence-electron chi connectivity index (χ2n) is 4.56. The van der Waals surface area contributed by atoms with Gasteiger partial charge in [0, 0.05) is 6.54 Å². The molecular formula is C15H19NO3. The molecule has 1 heterocycles. The van der Waals surface area contributed by atoms with E-state index in [1.165, 1.54) is 7.11 Å². The number of ether oxygens (including phenoxy) is 1. The summed E-state index contributed by atoms with van der Waals surface area (Å²) in [6.45, 7) is 4.62. The highest BCUT2D eigenvalue weighted by molar-refractivity contribution is 5.41. The summed E-state index contributed by atoms with van der Waals surface area (Å²) < 4.78 is 10.6. The number of phenolic OH excluding ortho intramolecular Hbond substituents is 1. The van der Waals surface area contributed by atoms with Gasteiger partial charge in [-0.1, -0.05) is 6.07 Å². The predicted molar refractivity (Wildman–Crippen MR) is 73.4 cm³/mol. The zero-order valence-electron chi connectivity index (χ0n) is 11.4. The van der Waals surface area contributed by atoms with Crippen LogP contribution in [0.3, 0.4) is 0 Å². The van der Waals surface area contributed by atoms with Crippen molar-refractivity contribution in [3.63, 3.8) is 0 Å². The smallest absolute Gasteiger partial charge is 0.160 e. The summed E-state index contributed by atoms with van der Waals surface area (Å²) in [6.07, 6.45) is 0. The van der Waals surface area contributed by atoms with Crippen LogP contribution in [-0.4, -0.2) is 12.2 Å². The Kier molecular flexibility index (Phi) is 4.12. The largest absolute Gasteiger partial charge is 0.504 e. The first-order valence-electron chi connectivity index (χ1n) is 6.25. The molecule has 0 fully saturated rings. The second kappa shape index (κ2) is 5.80. The molecular weight excluding hydrogens is 242 g/mol. The predicted octanol–water partition coefficient (Wildman–Crippen LogP) is 3.15. The molecule has 19 heavy (non-hydrogen) atoms. The Morgan fingerprint density at radius 1 is 1.32 bits per heavy atom. The van der Waals surface area contributed by atoms with Crippen molar-refractivity contribution in [1.29, 1.82) is 0 Å². The minimum atomic E-state index is 0.123. The van der Waals surface area contributed by atoms with Crippen LogP contribution < -0.4 is 10.1 Å². The monoisotopic (exact) mass is 261 g/mol. The maximum atomic E-state index is 9.71. The normalized spacial score (nSPS) is 12.4. The third kappa shape index (κ3) is 3.29. The molecule has 102 valence electrons. The number of methoxy groups -OCH3 is 1. The van der Waals surface area contributed by atoms with Gasteiger partial charge in [0.05, 0.1) is 13.2 Å². The van der Waals surface area contributed by atoms with E-state index in [2.05, 4.69) is 5.32 Å². The van der Waals surface area contributed by atoms with Crippen molar-refractivity contribution >= 4 is 0 Å².